The molecule has 158 valence electrons. The average molecular weight is 428 g/mol. The molecule has 1 saturated heterocycles. The highest BCUT2D eigenvalue weighted by Crippen LogP contribution is 2.33. The number of aromatic amines is 1. The fourth-order valence-corrected chi connectivity index (χ4v) is 3.84. The molecular weight excluding hydrogens is 402 g/mol. The van der Waals surface area contributed by atoms with Gasteiger partial charge in [0.15, 0.2) is 5.82 Å². The van der Waals surface area contributed by atoms with Gasteiger partial charge in [-0.05, 0) is 49.0 Å². The molecule has 4 rings (SSSR count). The Morgan fingerprint density at radius 1 is 1.30 bits per heavy atom. The molecule has 1 fully saturated rings. The molecule has 2 aromatic rings. The average Bonchev–Trinajstić information content (AvgIpc) is 3.26. The lowest BCUT2D eigenvalue weighted by Crippen LogP contribution is -2.35. The predicted octanol–water partition coefficient (Wildman–Crippen LogP) is 3.75. The number of hydrogen-bond acceptors (Lipinski definition) is 5. The molecule has 0 spiro atoms. The number of carbonyl (C=O) groups excluding carboxylic acids is 1. The summed E-state index contributed by atoms with van der Waals surface area (Å²) in [6.07, 6.45) is 8.11. The van der Waals surface area contributed by atoms with Crippen LogP contribution in [0.25, 0.3) is 5.57 Å². The zero-order valence-corrected chi connectivity index (χ0v) is 17.6. The van der Waals surface area contributed by atoms with Gasteiger partial charge < -0.3 is 15.0 Å². The Labute approximate surface area is 182 Å². The molecule has 0 radical (unpaired) electrons. The van der Waals surface area contributed by atoms with Gasteiger partial charge >= 0.3 is 0 Å². The fourth-order valence-electron chi connectivity index (χ4n) is 3.84. The van der Waals surface area contributed by atoms with Crippen LogP contribution in [0.15, 0.2) is 30.5 Å². The Kier molecular flexibility index (Phi) is 7.63. The molecule has 7 nitrogen and oxygen atoms in total. The van der Waals surface area contributed by atoms with Crippen molar-refractivity contribution in [1.29, 1.82) is 5.26 Å². The molecule has 0 atom stereocenters. The third kappa shape index (κ3) is 5.28. The molecular formula is C22H26ClN5O2. The van der Waals surface area contributed by atoms with Crippen molar-refractivity contribution in [3.8, 4) is 6.07 Å². The summed E-state index contributed by atoms with van der Waals surface area (Å²) in [6, 6.07) is 8.20. The number of nitrogens with one attached hydrogen (secondary N) is 2. The second-order valence-corrected chi connectivity index (χ2v) is 7.46. The highest BCUT2D eigenvalue weighted by atomic mass is 35.5. The van der Waals surface area contributed by atoms with Gasteiger partial charge in [0.25, 0.3) is 5.91 Å². The van der Waals surface area contributed by atoms with E-state index in [0.717, 1.165) is 63.4 Å². The van der Waals surface area contributed by atoms with E-state index < -0.39 is 0 Å². The number of anilines is 1. The number of nitrogens with zero attached hydrogens (tertiary/aromatic N) is 3. The maximum absolute atomic E-state index is 12.6. The van der Waals surface area contributed by atoms with E-state index in [4.69, 9.17) is 10.00 Å². The number of morpholine rings is 1. The molecule has 1 aromatic carbocycles. The van der Waals surface area contributed by atoms with E-state index in [1.54, 1.807) is 0 Å². The molecule has 0 unspecified atom stereocenters. The van der Waals surface area contributed by atoms with Gasteiger partial charge in [0.2, 0.25) is 0 Å². The molecule has 2 heterocycles. The maximum atomic E-state index is 12.6. The van der Waals surface area contributed by atoms with E-state index in [0.29, 0.717) is 0 Å². The molecule has 30 heavy (non-hydrogen) atoms. The van der Waals surface area contributed by atoms with Crippen LogP contribution < -0.4 is 5.32 Å². The molecule has 0 bridgehead atoms. The van der Waals surface area contributed by atoms with Crippen LogP contribution in [-0.2, 0) is 11.3 Å². The molecule has 1 aromatic heterocycles. The van der Waals surface area contributed by atoms with Gasteiger partial charge in [-0.15, -0.1) is 12.4 Å². The van der Waals surface area contributed by atoms with Crippen LogP contribution in [0.1, 0.15) is 53.1 Å². The van der Waals surface area contributed by atoms with E-state index in [2.05, 4.69) is 38.4 Å². The summed E-state index contributed by atoms with van der Waals surface area (Å²) in [7, 11) is 0. The number of rotatable bonds is 5. The van der Waals surface area contributed by atoms with Crippen LogP contribution in [0.5, 0.6) is 0 Å². The lowest BCUT2D eigenvalue weighted by atomic mass is 9.91. The number of benzene rings is 1. The molecule has 2 N–H and O–H groups in total. The Morgan fingerprint density at radius 3 is 2.83 bits per heavy atom. The summed E-state index contributed by atoms with van der Waals surface area (Å²) < 4.78 is 5.44. The van der Waals surface area contributed by atoms with Crippen LogP contribution in [0.4, 0.5) is 5.69 Å². The van der Waals surface area contributed by atoms with E-state index >= 15 is 0 Å². The molecule has 0 saturated carbocycles. The normalized spacial score (nSPS) is 16.8. The van der Waals surface area contributed by atoms with Crippen molar-refractivity contribution >= 4 is 29.6 Å². The molecule has 2 aliphatic rings. The van der Waals surface area contributed by atoms with Gasteiger partial charge in [-0.25, -0.2) is 4.98 Å². The number of hydrogen-bond donors (Lipinski definition) is 2. The van der Waals surface area contributed by atoms with Crippen LogP contribution in [0.3, 0.4) is 0 Å². The minimum Gasteiger partial charge on any atom is -0.379 e. The first-order valence-electron chi connectivity index (χ1n) is 10.1. The van der Waals surface area contributed by atoms with E-state index in [-0.39, 0.29) is 29.8 Å². The lowest BCUT2D eigenvalue weighted by Gasteiger charge is -2.27. The van der Waals surface area contributed by atoms with Crippen LogP contribution in [0, 0.1) is 11.3 Å². The number of H-pyrrole nitrogens is 1. The zero-order valence-electron chi connectivity index (χ0n) is 16.8. The summed E-state index contributed by atoms with van der Waals surface area (Å²) in [5.74, 6) is -0.201. The summed E-state index contributed by atoms with van der Waals surface area (Å²) >= 11 is 0. The molecule has 1 aliphatic heterocycles. The Bertz CT molecular complexity index is 957. The third-order valence-corrected chi connectivity index (χ3v) is 5.39. The van der Waals surface area contributed by atoms with Crippen molar-refractivity contribution in [3.63, 3.8) is 0 Å². The lowest BCUT2D eigenvalue weighted by molar-refractivity contribution is 0.0342. The summed E-state index contributed by atoms with van der Waals surface area (Å²) in [4.78, 5) is 21.7. The van der Waals surface area contributed by atoms with Crippen molar-refractivity contribution in [2.75, 3.05) is 31.6 Å². The SMILES string of the molecule is Cl.N#Cc1cnc(C(=O)Nc2ccc(CN3CCOCC3)cc2C2=CCCCC2)[nH]1. The first kappa shape index (κ1) is 22.0. The number of nitriles is 1. The Morgan fingerprint density at radius 2 is 2.13 bits per heavy atom. The highest BCUT2D eigenvalue weighted by molar-refractivity contribution is 6.03. The van der Waals surface area contributed by atoms with Crippen molar-refractivity contribution in [2.24, 2.45) is 0 Å². The van der Waals surface area contributed by atoms with E-state index in [9.17, 15) is 4.79 Å². The number of halogens is 1. The van der Waals surface area contributed by atoms with Gasteiger partial charge in [0.1, 0.15) is 11.8 Å². The van der Waals surface area contributed by atoms with Gasteiger partial charge in [-0.1, -0.05) is 12.1 Å². The zero-order chi connectivity index (χ0) is 20.1. The summed E-state index contributed by atoms with van der Waals surface area (Å²) in [5.41, 5.74) is 4.65. The van der Waals surface area contributed by atoms with Crippen molar-refractivity contribution < 1.29 is 9.53 Å². The van der Waals surface area contributed by atoms with Gasteiger partial charge in [-0.3, -0.25) is 9.69 Å². The highest BCUT2D eigenvalue weighted by Gasteiger charge is 2.18. The van der Waals surface area contributed by atoms with Gasteiger partial charge in [0.05, 0.1) is 19.4 Å². The van der Waals surface area contributed by atoms with E-state index in [1.165, 1.54) is 23.8 Å². The van der Waals surface area contributed by atoms with Gasteiger partial charge in [-0.2, -0.15) is 5.26 Å². The smallest absolute Gasteiger partial charge is 0.291 e. The molecule has 1 aliphatic carbocycles. The summed E-state index contributed by atoms with van der Waals surface area (Å²) in [6.45, 7) is 4.31. The minimum absolute atomic E-state index is 0. The fraction of sp³-hybridized carbons (Fsp3) is 0.409. The monoisotopic (exact) mass is 427 g/mol. The number of amides is 1. The number of ether oxygens (including phenoxy) is 1. The number of allylic oxidation sites excluding steroid dienone is 2. The second kappa shape index (κ2) is 10.4. The third-order valence-electron chi connectivity index (χ3n) is 5.39. The number of aromatic nitrogens is 2. The predicted molar refractivity (Wildman–Crippen MR) is 117 cm³/mol. The first-order chi connectivity index (χ1) is 14.2. The molecule has 8 heteroatoms. The topological polar surface area (TPSA) is 94.0 Å². The maximum Gasteiger partial charge on any atom is 0.291 e. The Balaban J connectivity index is 0.00000256. The van der Waals surface area contributed by atoms with Crippen LogP contribution >= 0.6 is 12.4 Å². The minimum atomic E-state index is -0.343. The van der Waals surface area contributed by atoms with Gasteiger partial charge in [0, 0.05) is 30.9 Å². The van der Waals surface area contributed by atoms with Crippen LogP contribution in [0.2, 0.25) is 0 Å². The number of carbonyl (C=O) groups is 1. The van der Waals surface area contributed by atoms with Crippen molar-refractivity contribution in [3.05, 3.63) is 53.1 Å². The molecule has 1 amide bonds. The van der Waals surface area contributed by atoms with Crippen LogP contribution in [-0.4, -0.2) is 47.1 Å². The Hall–Kier alpha value is -2.66. The van der Waals surface area contributed by atoms with E-state index in [1.807, 2.05) is 12.1 Å². The largest absolute Gasteiger partial charge is 0.379 e. The first-order valence-corrected chi connectivity index (χ1v) is 10.1. The number of imidazole rings is 1. The van der Waals surface area contributed by atoms with Crippen molar-refractivity contribution in [1.82, 2.24) is 14.9 Å². The standard InChI is InChI=1S/C22H25N5O2.ClH/c23-13-18-14-24-21(25-18)22(28)26-20-7-6-16(15-27-8-10-29-11-9-27)12-19(20)17-4-2-1-3-5-17;/h4,6-7,12,14H,1-3,5,8-11,15H2,(H,24,25)(H,26,28);1H. The summed E-state index contributed by atoms with van der Waals surface area (Å²) in [5, 5.41) is 11.9. The van der Waals surface area contributed by atoms with Crippen molar-refractivity contribution in [2.45, 2.75) is 32.2 Å². The second-order valence-electron chi connectivity index (χ2n) is 7.46. The quantitative estimate of drug-likeness (QED) is 0.757.